The summed E-state index contributed by atoms with van der Waals surface area (Å²) < 4.78 is 1.74. The van der Waals surface area contributed by atoms with Crippen LogP contribution in [0.3, 0.4) is 0 Å². The highest BCUT2D eigenvalue weighted by molar-refractivity contribution is 9.10. The number of aliphatic hydroxyl groups excluding tert-OH is 1. The van der Waals surface area contributed by atoms with Crippen LogP contribution in [0.1, 0.15) is 12.8 Å². The van der Waals surface area contributed by atoms with Crippen molar-refractivity contribution in [3.63, 3.8) is 0 Å². The van der Waals surface area contributed by atoms with E-state index in [1.54, 1.807) is 6.20 Å². The molecule has 2 N–H and O–H groups in total. The summed E-state index contributed by atoms with van der Waals surface area (Å²) >= 11 is 5.31. The molecular formula is C12H18BrN3O2S. The summed E-state index contributed by atoms with van der Waals surface area (Å²) in [6.07, 6.45) is 4.09. The third kappa shape index (κ3) is 3.97. The van der Waals surface area contributed by atoms with Crippen molar-refractivity contribution < 1.29 is 5.11 Å². The van der Waals surface area contributed by atoms with Gasteiger partial charge in [0.2, 0.25) is 0 Å². The van der Waals surface area contributed by atoms with Crippen LogP contribution in [0, 0.1) is 5.92 Å². The molecule has 5 nitrogen and oxygen atoms in total. The molecule has 1 aromatic heterocycles. The van der Waals surface area contributed by atoms with Gasteiger partial charge in [0, 0.05) is 6.54 Å². The third-order valence-corrected chi connectivity index (χ3v) is 5.03. The van der Waals surface area contributed by atoms with Gasteiger partial charge < -0.3 is 10.4 Å². The van der Waals surface area contributed by atoms with E-state index in [1.165, 1.54) is 29.0 Å². The van der Waals surface area contributed by atoms with Crippen molar-refractivity contribution in [1.82, 2.24) is 9.78 Å². The molecule has 1 saturated heterocycles. The van der Waals surface area contributed by atoms with Crippen molar-refractivity contribution in [3.8, 4) is 0 Å². The zero-order valence-corrected chi connectivity index (χ0v) is 13.0. The van der Waals surface area contributed by atoms with Gasteiger partial charge in [0.25, 0.3) is 5.56 Å². The lowest BCUT2D eigenvalue weighted by Gasteiger charge is -2.22. The van der Waals surface area contributed by atoms with Gasteiger partial charge in [-0.05, 0) is 46.2 Å². The Bertz CT molecular complexity index is 475. The van der Waals surface area contributed by atoms with Crippen LogP contribution in [0.4, 0.5) is 5.69 Å². The highest BCUT2D eigenvalue weighted by atomic mass is 79.9. The fourth-order valence-corrected chi connectivity index (χ4v) is 3.70. The van der Waals surface area contributed by atoms with Crippen molar-refractivity contribution >= 4 is 33.4 Å². The van der Waals surface area contributed by atoms with Gasteiger partial charge in [-0.3, -0.25) is 4.79 Å². The second-order valence-electron chi connectivity index (χ2n) is 4.56. The number of nitrogens with zero attached hydrogens (tertiary/aromatic N) is 2. The second kappa shape index (κ2) is 7.31. The smallest absolute Gasteiger partial charge is 0.283 e. The van der Waals surface area contributed by atoms with E-state index >= 15 is 0 Å². The van der Waals surface area contributed by atoms with Crippen molar-refractivity contribution in [1.29, 1.82) is 0 Å². The Kier molecular flexibility index (Phi) is 5.72. The van der Waals surface area contributed by atoms with E-state index in [0.29, 0.717) is 10.4 Å². The first kappa shape index (κ1) is 14.9. The van der Waals surface area contributed by atoms with Gasteiger partial charge in [-0.25, -0.2) is 4.68 Å². The Hall–Kier alpha value is -0.530. The zero-order valence-electron chi connectivity index (χ0n) is 10.6. The summed E-state index contributed by atoms with van der Waals surface area (Å²) in [6, 6.07) is 0. The summed E-state index contributed by atoms with van der Waals surface area (Å²) in [5.74, 6) is 3.13. The molecule has 1 fully saturated rings. The van der Waals surface area contributed by atoms with Gasteiger partial charge in [0.15, 0.2) is 0 Å². The second-order valence-corrected chi connectivity index (χ2v) is 6.58. The molecule has 1 aliphatic heterocycles. The lowest BCUT2D eigenvalue weighted by molar-refractivity contribution is 0.266. The Balaban J connectivity index is 2.00. The van der Waals surface area contributed by atoms with Gasteiger partial charge in [-0.2, -0.15) is 16.9 Å². The molecule has 0 atom stereocenters. The fourth-order valence-electron chi connectivity index (χ4n) is 2.05. The van der Waals surface area contributed by atoms with Crippen LogP contribution in [0.5, 0.6) is 0 Å². The van der Waals surface area contributed by atoms with Crippen LogP contribution in [0.2, 0.25) is 0 Å². The molecule has 0 spiro atoms. The topological polar surface area (TPSA) is 67.2 Å². The summed E-state index contributed by atoms with van der Waals surface area (Å²) in [6.45, 7) is 1.01. The number of rotatable bonds is 5. The number of nitrogens with one attached hydrogen (secondary N) is 1. The highest BCUT2D eigenvalue weighted by Crippen LogP contribution is 2.24. The standard InChI is InChI=1S/C12H18BrN3O2S/c13-11-10(8-15-16(3-4-17)12(11)18)14-7-9-1-5-19-6-2-9/h8-9,14,17H,1-7H2. The maximum atomic E-state index is 11.9. The van der Waals surface area contributed by atoms with E-state index in [9.17, 15) is 4.79 Å². The van der Waals surface area contributed by atoms with Gasteiger partial charge in [-0.1, -0.05) is 0 Å². The molecule has 0 radical (unpaired) electrons. The van der Waals surface area contributed by atoms with Crippen molar-refractivity contribution in [2.75, 3.05) is 30.0 Å². The monoisotopic (exact) mass is 347 g/mol. The Morgan fingerprint density at radius 2 is 2.26 bits per heavy atom. The SMILES string of the molecule is O=c1c(Br)c(NCC2CCSCC2)cnn1CCO. The van der Waals surface area contributed by atoms with Crippen molar-refractivity contribution in [2.24, 2.45) is 5.92 Å². The van der Waals surface area contributed by atoms with Crippen LogP contribution in [0.15, 0.2) is 15.5 Å². The van der Waals surface area contributed by atoms with E-state index in [4.69, 9.17) is 5.11 Å². The highest BCUT2D eigenvalue weighted by Gasteiger charge is 2.15. The number of hydrogen-bond donors (Lipinski definition) is 2. The number of aromatic nitrogens is 2. The first-order valence-electron chi connectivity index (χ1n) is 6.40. The van der Waals surface area contributed by atoms with E-state index in [-0.39, 0.29) is 18.7 Å². The molecule has 0 aromatic carbocycles. The zero-order chi connectivity index (χ0) is 13.7. The van der Waals surface area contributed by atoms with Gasteiger partial charge in [-0.15, -0.1) is 0 Å². The van der Waals surface area contributed by atoms with E-state index in [1.807, 2.05) is 11.8 Å². The van der Waals surface area contributed by atoms with Gasteiger partial charge in [0.1, 0.15) is 4.47 Å². The molecule has 0 amide bonds. The van der Waals surface area contributed by atoms with Crippen LogP contribution in [0.25, 0.3) is 0 Å². The minimum absolute atomic E-state index is 0.0914. The summed E-state index contributed by atoms with van der Waals surface area (Å²) in [5, 5.41) is 16.2. The van der Waals surface area contributed by atoms with Crippen molar-refractivity contribution in [3.05, 3.63) is 21.0 Å². The lowest BCUT2D eigenvalue weighted by atomic mass is 10.0. The molecule has 2 rings (SSSR count). The number of thioether (sulfide) groups is 1. The molecule has 106 valence electrons. The molecule has 0 unspecified atom stereocenters. The summed E-state index contributed by atoms with van der Waals surface area (Å²) in [4.78, 5) is 11.9. The van der Waals surface area contributed by atoms with E-state index in [0.717, 1.165) is 12.2 Å². The van der Waals surface area contributed by atoms with Crippen LogP contribution < -0.4 is 10.9 Å². The Morgan fingerprint density at radius 3 is 2.95 bits per heavy atom. The maximum absolute atomic E-state index is 11.9. The first-order valence-corrected chi connectivity index (χ1v) is 8.35. The average molecular weight is 348 g/mol. The molecule has 0 bridgehead atoms. The Morgan fingerprint density at radius 1 is 1.53 bits per heavy atom. The third-order valence-electron chi connectivity index (χ3n) is 3.22. The predicted octanol–water partition coefficient (Wildman–Crippen LogP) is 1.55. The van der Waals surface area contributed by atoms with E-state index in [2.05, 4.69) is 26.3 Å². The normalized spacial score (nSPS) is 16.5. The number of aliphatic hydroxyl groups is 1. The van der Waals surface area contributed by atoms with Crippen LogP contribution in [-0.2, 0) is 6.54 Å². The molecule has 0 saturated carbocycles. The summed E-state index contributed by atoms with van der Waals surface area (Å²) in [5.41, 5.74) is 0.524. The molecule has 1 aliphatic rings. The maximum Gasteiger partial charge on any atom is 0.283 e. The molecule has 0 aliphatic carbocycles. The molecular weight excluding hydrogens is 330 g/mol. The largest absolute Gasteiger partial charge is 0.394 e. The minimum Gasteiger partial charge on any atom is -0.394 e. The minimum atomic E-state index is -0.210. The van der Waals surface area contributed by atoms with Crippen LogP contribution >= 0.6 is 27.7 Å². The number of anilines is 1. The lowest BCUT2D eigenvalue weighted by Crippen LogP contribution is -2.27. The summed E-state index contributed by atoms with van der Waals surface area (Å²) in [7, 11) is 0. The van der Waals surface area contributed by atoms with Gasteiger partial charge in [0.05, 0.1) is 25.0 Å². The number of halogens is 1. The molecule has 2 heterocycles. The van der Waals surface area contributed by atoms with Crippen molar-refractivity contribution in [2.45, 2.75) is 19.4 Å². The fraction of sp³-hybridized carbons (Fsp3) is 0.667. The molecule has 7 heteroatoms. The Labute approximate surface area is 124 Å². The van der Waals surface area contributed by atoms with Crippen LogP contribution in [-0.4, -0.2) is 39.5 Å². The first-order chi connectivity index (χ1) is 9.22. The average Bonchev–Trinajstić information content (AvgIpc) is 2.44. The van der Waals surface area contributed by atoms with E-state index < -0.39 is 0 Å². The predicted molar refractivity (Wildman–Crippen MR) is 81.8 cm³/mol. The quantitative estimate of drug-likeness (QED) is 0.845. The molecule has 19 heavy (non-hydrogen) atoms. The van der Waals surface area contributed by atoms with Gasteiger partial charge >= 0.3 is 0 Å². The number of hydrogen-bond acceptors (Lipinski definition) is 5. The molecule has 1 aromatic rings.